The highest BCUT2D eigenvalue weighted by atomic mass is 32.2. The van der Waals surface area contributed by atoms with E-state index in [4.69, 9.17) is 0 Å². The molecule has 0 unspecified atom stereocenters. The summed E-state index contributed by atoms with van der Waals surface area (Å²) >= 11 is 1.29. The van der Waals surface area contributed by atoms with Crippen LogP contribution in [0.3, 0.4) is 0 Å². The van der Waals surface area contributed by atoms with Crippen molar-refractivity contribution in [1.29, 1.82) is 0 Å². The number of benzene rings is 2. The van der Waals surface area contributed by atoms with Gasteiger partial charge in [-0.3, -0.25) is 19.1 Å². The van der Waals surface area contributed by atoms with Crippen LogP contribution in [0.1, 0.15) is 15.9 Å². The van der Waals surface area contributed by atoms with E-state index in [-0.39, 0.29) is 17.6 Å². The van der Waals surface area contributed by atoms with Crippen molar-refractivity contribution in [2.24, 2.45) is 0 Å². The Morgan fingerprint density at radius 1 is 1.03 bits per heavy atom. The summed E-state index contributed by atoms with van der Waals surface area (Å²) in [5, 5.41) is 12.2. The minimum Gasteiger partial charge on any atom is -0.345 e. The molecule has 0 aliphatic carbocycles. The summed E-state index contributed by atoms with van der Waals surface area (Å²) in [5.74, 6) is 0.449. The molecule has 8 nitrogen and oxygen atoms in total. The SMILES string of the molecule is Cc1ccccc1-n1c(SCC(=O)Nc2cccc(C(=O)N(C)C)c2)nnc1-c1cccnc1. The minimum absolute atomic E-state index is 0.125. The molecule has 172 valence electrons. The first-order chi connectivity index (χ1) is 16.4. The molecule has 0 atom stereocenters. The normalized spacial score (nSPS) is 10.7. The molecule has 0 spiro atoms. The van der Waals surface area contributed by atoms with E-state index in [2.05, 4.69) is 20.5 Å². The van der Waals surface area contributed by atoms with Gasteiger partial charge in [-0.2, -0.15) is 0 Å². The predicted octanol–water partition coefficient (Wildman–Crippen LogP) is 4.07. The number of pyridine rings is 1. The topological polar surface area (TPSA) is 93.0 Å². The van der Waals surface area contributed by atoms with Crippen molar-refractivity contribution in [1.82, 2.24) is 24.6 Å². The molecule has 1 N–H and O–H groups in total. The Labute approximate surface area is 202 Å². The highest BCUT2D eigenvalue weighted by Crippen LogP contribution is 2.29. The van der Waals surface area contributed by atoms with Crippen molar-refractivity contribution in [3.05, 3.63) is 84.2 Å². The molecule has 2 amide bonds. The number of hydrogen-bond donors (Lipinski definition) is 1. The Bertz CT molecular complexity index is 1320. The van der Waals surface area contributed by atoms with Crippen LogP contribution in [0.25, 0.3) is 17.1 Å². The van der Waals surface area contributed by atoms with Crippen LogP contribution in [-0.4, -0.2) is 56.3 Å². The van der Waals surface area contributed by atoms with Gasteiger partial charge in [-0.1, -0.05) is 36.0 Å². The highest BCUT2D eigenvalue weighted by molar-refractivity contribution is 7.99. The summed E-state index contributed by atoms with van der Waals surface area (Å²) in [7, 11) is 3.38. The number of hydrogen-bond acceptors (Lipinski definition) is 6. The Hall–Kier alpha value is -3.98. The van der Waals surface area contributed by atoms with Crippen LogP contribution in [0.4, 0.5) is 5.69 Å². The van der Waals surface area contributed by atoms with Crippen LogP contribution in [0, 0.1) is 6.92 Å². The Kier molecular flexibility index (Phi) is 7.03. The van der Waals surface area contributed by atoms with Gasteiger partial charge >= 0.3 is 0 Å². The van der Waals surface area contributed by atoms with Crippen molar-refractivity contribution >= 4 is 29.3 Å². The summed E-state index contributed by atoms with van der Waals surface area (Å²) < 4.78 is 1.95. The number of aryl methyl sites for hydroxylation is 1. The standard InChI is InChI=1S/C25H24N6O2S/c1-17-8-4-5-12-21(17)31-23(19-10-7-13-26-15-19)28-29-25(31)34-16-22(32)27-20-11-6-9-18(14-20)24(33)30(2)3/h4-15H,16H2,1-3H3,(H,27,32). The van der Waals surface area contributed by atoms with Gasteiger partial charge in [0, 0.05) is 43.3 Å². The lowest BCUT2D eigenvalue weighted by molar-refractivity contribution is -0.113. The van der Waals surface area contributed by atoms with Crippen molar-refractivity contribution in [2.45, 2.75) is 12.1 Å². The first kappa shape index (κ1) is 23.2. The maximum Gasteiger partial charge on any atom is 0.253 e. The largest absolute Gasteiger partial charge is 0.345 e. The van der Waals surface area contributed by atoms with E-state index in [0.29, 0.717) is 22.2 Å². The van der Waals surface area contributed by atoms with E-state index in [0.717, 1.165) is 16.8 Å². The lowest BCUT2D eigenvalue weighted by Crippen LogP contribution is -2.22. The molecule has 4 rings (SSSR count). The summed E-state index contributed by atoms with van der Waals surface area (Å²) in [6, 6.07) is 18.6. The third-order valence-electron chi connectivity index (χ3n) is 5.04. The van der Waals surface area contributed by atoms with Gasteiger partial charge in [-0.25, -0.2) is 0 Å². The fourth-order valence-electron chi connectivity index (χ4n) is 3.39. The molecule has 0 bridgehead atoms. The van der Waals surface area contributed by atoms with Gasteiger partial charge in [-0.15, -0.1) is 10.2 Å². The van der Waals surface area contributed by atoms with Gasteiger partial charge in [0.25, 0.3) is 5.91 Å². The predicted molar refractivity (Wildman–Crippen MR) is 133 cm³/mol. The summed E-state index contributed by atoms with van der Waals surface area (Å²) in [4.78, 5) is 30.6. The molecule has 2 aromatic carbocycles. The van der Waals surface area contributed by atoms with Crippen LogP contribution >= 0.6 is 11.8 Å². The van der Waals surface area contributed by atoms with E-state index in [1.54, 1.807) is 50.8 Å². The number of para-hydroxylation sites is 1. The summed E-state index contributed by atoms with van der Waals surface area (Å²) in [5.41, 5.74) is 3.90. The van der Waals surface area contributed by atoms with Gasteiger partial charge in [0.05, 0.1) is 11.4 Å². The molecule has 2 aromatic heterocycles. The number of rotatable bonds is 7. The van der Waals surface area contributed by atoms with E-state index in [1.807, 2.05) is 47.9 Å². The fraction of sp³-hybridized carbons (Fsp3) is 0.160. The van der Waals surface area contributed by atoms with Crippen LogP contribution in [0.2, 0.25) is 0 Å². The maximum atomic E-state index is 12.7. The maximum absolute atomic E-state index is 12.7. The highest BCUT2D eigenvalue weighted by Gasteiger charge is 2.19. The second-order valence-corrected chi connectivity index (χ2v) is 8.73. The van der Waals surface area contributed by atoms with Crippen molar-refractivity contribution < 1.29 is 9.59 Å². The third kappa shape index (κ3) is 5.15. The minimum atomic E-state index is -0.207. The number of amides is 2. The van der Waals surface area contributed by atoms with Crippen molar-refractivity contribution in [3.8, 4) is 17.1 Å². The Morgan fingerprint density at radius 2 is 1.85 bits per heavy atom. The Balaban J connectivity index is 1.55. The summed E-state index contributed by atoms with van der Waals surface area (Å²) in [6.45, 7) is 2.02. The molecule has 34 heavy (non-hydrogen) atoms. The number of thioether (sulfide) groups is 1. The van der Waals surface area contributed by atoms with Crippen molar-refractivity contribution in [3.63, 3.8) is 0 Å². The van der Waals surface area contributed by atoms with Crippen LogP contribution < -0.4 is 5.32 Å². The lowest BCUT2D eigenvalue weighted by Gasteiger charge is -2.13. The zero-order valence-electron chi connectivity index (χ0n) is 19.1. The number of aromatic nitrogens is 4. The molecule has 0 aliphatic heterocycles. The van der Waals surface area contributed by atoms with Gasteiger partial charge < -0.3 is 10.2 Å². The number of anilines is 1. The van der Waals surface area contributed by atoms with Gasteiger partial charge in [-0.05, 0) is 48.9 Å². The molecule has 0 fully saturated rings. The number of carbonyl (C=O) groups excluding carboxylic acids is 2. The molecule has 0 saturated carbocycles. The first-order valence-electron chi connectivity index (χ1n) is 10.6. The lowest BCUT2D eigenvalue weighted by atomic mass is 10.2. The molecule has 4 aromatic rings. The smallest absolute Gasteiger partial charge is 0.253 e. The number of nitrogens with zero attached hydrogens (tertiary/aromatic N) is 5. The van der Waals surface area contributed by atoms with Gasteiger partial charge in [0.1, 0.15) is 0 Å². The van der Waals surface area contributed by atoms with Crippen LogP contribution in [0.5, 0.6) is 0 Å². The first-order valence-corrected chi connectivity index (χ1v) is 11.6. The van der Waals surface area contributed by atoms with Crippen molar-refractivity contribution in [2.75, 3.05) is 25.2 Å². The molecular formula is C25H24N6O2S. The summed E-state index contributed by atoms with van der Waals surface area (Å²) in [6.07, 6.45) is 3.45. The van der Waals surface area contributed by atoms with E-state index >= 15 is 0 Å². The second-order valence-electron chi connectivity index (χ2n) is 7.79. The second kappa shape index (κ2) is 10.3. The van der Waals surface area contributed by atoms with E-state index < -0.39 is 0 Å². The fourth-order valence-corrected chi connectivity index (χ4v) is 4.14. The third-order valence-corrected chi connectivity index (χ3v) is 5.97. The molecule has 2 heterocycles. The number of nitrogens with one attached hydrogen (secondary N) is 1. The quantitative estimate of drug-likeness (QED) is 0.408. The molecule has 0 radical (unpaired) electrons. The van der Waals surface area contributed by atoms with Gasteiger partial charge in [0.2, 0.25) is 5.91 Å². The Morgan fingerprint density at radius 3 is 2.59 bits per heavy atom. The average Bonchev–Trinajstić information content (AvgIpc) is 3.27. The zero-order valence-corrected chi connectivity index (χ0v) is 19.9. The monoisotopic (exact) mass is 472 g/mol. The van der Waals surface area contributed by atoms with E-state index in [9.17, 15) is 9.59 Å². The number of carbonyl (C=O) groups is 2. The molecule has 0 saturated heterocycles. The molecule has 0 aliphatic rings. The van der Waals surface area contributed by atoms with Crippen LogP contribution in [-0.2, 0) is 4.79 Å². The average molecular weight is 473 g/mol. The van der Waals surface area contributed by atoms with E-state index in [1.165, 1.54) is 16.7 Å². The molecule has 9 heteroatoms. The van der Waals surface area contributed by atoms with Crippen LogP contribution in [0.15, 0.2) is 78.2 Å². The zero-order chi connectivity index (χ0) is 24.1. The van der Waals surface area contributed by atoms with Gasteiger partial charge in [0.15, 0.2) is 11.0 Å². The molecular weight excluding hydrogens is 448 g/mol.